The lowest BCUT2D eigenvalue weighted by Gasteiger charge is -2.13. The van der Waals surface area contributed by atoms with E-state index in [4.69, 9.17) is 16.3 Å². The zero-order valence-electron chi connectivity index (χ0n) is 17.0. The molecule has 0 fully saturated rings. The van der Waals surface area contributed by atoms with Crippen LogP contribution < -0.4 is 4.74 Å². The molecule has 0 amide bonds. The number of hydrogen-bond acceptors (Lipinski definition) is 3. The van der Waals surface area contributed by atoms with E-state index < -0.39 is 11.9 Å². The first kappa shape index (κ1) is 21.2. The molecule has 160 valence electrons. The lowest BCUT2D eigenvalue weighted by molar-refractivity contribution is -0.142. The SMILES string of the molecule is Cc1nn2c(C(F)(F)F)cc(-c3ccc(OC(C)C)cc3)nc2c1-c1ccc(Cl)cc1. The van der Waals surface area contributed by atoms with E-state index in [0.29, 0.717) is 33.2 Å². The molecule has 0 N–H and O–H groups in total. The third-order valence-electron chi connectivity index (χ3n) is 4.71. The first-order valence-corrected chi connectivity index (χ1v) is 10.0. The van der Waals surface area contributed by atoms with E-state index in [-0.39, 0.29) is 17.4 Å². The Kier molecular flexibility index (Phi) is 5.39. The Balaban J connectivity index is 1.93. The number of rotatable bonds is 4. The topological polar surface area (TPSA) is 39.4 Å². The van der Waals surface area contributed by atoms with Crippen molar-refractivity contribution in [1.82, 2.24) is 14.6 Å². The van der Waals surface area contributed by atoms with Gasteiger partial charge in [0.1, 0.15) is 5.75 Å². The second-order valence-electron chi connectivity index (χ2n) is 7.42. The third kappa shape index (κ3) is 4.23. The second-order valence-corrected chi connectivity index (χ2v) is 7.85. The van der Waals surface area contributed by atoms with Gasteiger partial charge in [-0.05, 0) is 68.8 Å². The molecular weight excluding hydrogens is 427 g/mol. The summed E-state index contributed by atoms with van der Waals surface area (Å²) in [6.07, 6.45) is -4.61. The molecule has 31 heavy (non-hydrogen) atoms. The zero-order valence-corrected chi connectivity index (χ0v) is 17.8. The molecule has 2 aromatic heterocycles. The Bertz CT molecular complexity index is 1230. The van der Waals surface area contributed by atoms with Gasteiger partial charge in [-0.1, -0.05) is 23.7 Å². The van der Waals surface area contributed by atoms with Crippen molar-refractivity contribution in [2.45, 2.75) is 33.1 Å². The standard InChI is InChI=1S/C23H19ClF3N3O/c1-13(2)31-18-10-6-15(7-11-18)19-12-20(23(25,26)27)30-22(28-19)21(14(3)29-30)16-4-8-17(24)9-5-16/h4-13H,1-3H3. The number of nitrogens with zero attached hydrogens (tertiary/aromatic N) is 3. The first-order chi connectivity index (χ1) is 14.6. The summed E-state index contributed by atoms with van der Waals surface area (Å²) in [5.41, 5.74) is 1.65. The van der Waals surface area contributed by atoms with Gasteiger partial charge in [0.25, 0.3) is 0 Å². The molecule has 2 aromatic carbocycles. The molecule has 0 unspecified atom stereocenters. The van der Waals surface area contributed by atoms with Crippen LogP contribution in [-0.2, 0) is 6.18 Å². The van der Waals surface area contributed by atoms with Gasteiger partial charge in [-0.25, -0.2) is 9.50 Å². The molecule has 0 aliphatic heterocycles. The molecule has 4 rings (SSSR count). The van der Waals surface area contributed by atoms with E-state index >= 15 is 0 Å². The molecule has 8 heteroatoms. The molecule has 2 heterocycles. The van der Waals surface area contributed by atoms with E-state index in [1.54, 1.807) is 55.5 Å². The van der Waals surface area contributed by atoms with Crippen LogP contribution in [0, 0.1) is 6.92 Å². The predicted octanol–water partition coefficient (Wildman–Crippen LogP) is 6.83. The lowest BCUT2D eigenvalue weighted by Crippen LogP contribution is -2.13. The van der Waals surface area contributed by atoms with E-state index in [0.717, 1.165) is 10.6 Å². The average molecular weight is 446 g/mol. The number of aromatic nitrogens is 3. The summed E-state index contributed by atoms with van der Waals surface area (Å²) in [7, 11) is 0. The van der Waals surface area contributed by atoms with Crippen molar-refractivity contribution in [3.8, 4) is 28.1 Å². The summed E-state index contributed by atoms with van der Waals surface area (Å²) < 4.78 is 48.2. The summed E-state index contributed by atoms with van der Waals surface area (Å²) in [6, 6.07) is 14.7. The van der Waals surface area contributed by atoms with E-state index in [2.05, 4.69) is 10.1 Å². The van der Waals surface area contributed by atoms with Gasteiger partial charge in [0, 0.05) is 16.1 Å². The van der Waals surface area contributed by atoms with Crippen molar-refractivity contribution in [2.75, 3.05) is 0 Å². The van der Waals surface area contributed by atoms with Crippen molar-refractivity contribution in [3.63, 3.8) is 0 Å². The van der Waals surface area contributed by atoms with Crippen LogP contribution in [0.15, 0.2) is 54.6 Å². The van der Waals surface area contributed by atoms with Crippen LogP contribution in [0.25, 0.3) is 28.0 Å². The molecule has 0 saturated heterocycles. The highest BCUT2D eigenvalue weighted by atomic mass is 35.5. The van der Waals surface area contributed by atoms with Crippen molar-refractivity contribution in [1.29, 1.82) is 0 Å². The molecule has 0 bridgehead atoms. The minimum absolute atomic E-state index is 0.00569. The summed E-state index contributed by atoms with van der Waals surface area (Å²) in [5, 5.41) is 4.67. The highest BCUT2D eigenvalue weighted by Gasteiger charge is 2.36. The fourth-order valence-electron chi connectivity index (χ4n) is 3.40. The lowest BCUT2D eigenvalue weighted by atomic mass is 10.1. The summed E-state index contributed by atoms with van der Waals surface area (Å²) >= 11 is 5.97. The maximum absolute atomic E-state index is 13.9. The Morgan fingerprint density at radius 2 is 1.58 bits per heavy atom. The molecule has 0 aliphatic carbocycles. The molecule has 4 aromatic rings. The van der Waals surface area contributed by atoms with Crippen LogP contribution in [0.5, 0.6) is 5.75 Å². The van der Waals surface area contributed by atoms with Gasteiger partial charge < -0.3 is 4.74 Å². The van der Waals surface area contributed by atoms with E-state index in [9.17, 15) is 13.2 Å². The van der Waals surface area contributed by atoms with Crippen molar-refractivity contribution in [2.24, 2.45) is 0 Å². The zero-order chi connectivity index (χ0) is 22.3. The normalized spacial score (nSPS) is 12.0. The minimum Gasteiger partial charge on any atom is -0.491 e. The monoisotopic (exact) mass is 445 g/mol. The molecule has 0 radical (unpaired) electrons. The Morgan fingerprint density at radius 1 is 0.968 bits per heavy atom. The number of benzene rings is 2. The van der Waals surface area contributed by atoms with Crippen molar-refractivity contribution >= 4 is 17.2 Å². The van der Waals surface area contributed by atoms with Gasteiger partial charge in [0.05, 0.1) is 17.5 Å². The summed E-state index contributed by atoms with van der Waals surface area (Å²) in [4.78, 5) is 4.56. The fourth-order valence-corrected chi connectivity index (χ4v) is 3.53. The van der Waals surface area contributed by atoms with Crippen LogP contribution in [0.2, 0.25) is 5.02 Å². The first-order valence-electron chi connectivity index (χ1n) is 9.64. The Morgan fingerprint density at radius 3 is 2.16 bits per heavy atom. The third-order valence-corrected chi connectivity index (χ3v) is 4.96. The number of halogens is 4. The highest BCUT2D eigenvalue weighted by Crippen LogP contribution is 2.36. The van der Waals surface area contributed by atoms with Gasteiger partial charge >= 0.3 is 6.18 Å². The van der Waals surface area contributed by atoms with Crippen LogP contribution in [0.4, 0.5) is 13.2 Å². The maximum atomic E-state index is 13.9. The summed E-state index contributed by atoms with van der Waals surface area (Å²) in [5.74, 6) is 0.637. The molecular formula is C23H19ClF3N3O. The molecule has 0 spiro atoms. The average Bonchev–Trinajstić information content (AvgIpc) is 3.03. The van der Waals surface area contributed by atoms with Crippen LogP contribution in [0.3, 0.4) is 0 Å². The predicted molar refractivity (Wildman–Crippen MR) is 114 cm³/mol. The van der Waals surface area contributed by atoms with Crippen molar-refractivity contribution in [3.05, 3.63) is 71.0 Å². The van der Waals surface area contributed by atoms with Gasteiger partial charge in [0.15, 0.2) is 11.3 Å². The smallest absolute Gasteiger partial charge is 0.433 e. The summed E-state index contributed by atoms with van der Waals surface area (Å²) in [6.45, 7) is 5.47. The number of aryl methyl sites for hydroxylation is 1. The van der Waals surface area contributed by atoms with Gasteiger partial charge in [-0.15, -0.1) is 0 Å². The fraction of sp³-hybridized carbons (Fsp3) is 0.217. The van der Waals surface area contributed by atoms with Gasteiger partial charge in [-0.3, -0.25) is 0 Å². The Labute approximate surface area is 182 Å². The maximum Gasteiger partial charge on any atom is 0.433 e. The Hall–Kier alpha value is -3.06. The van der Waals surface area contributed by atoms with Gasteiger partial charge in [-0.2, -0.15) is 18.3 Å². The van der Waals surface area contributed by atoms with E-state index in [1.807, 2.05) is 13.8 Å². The number of ether oxygens (including phenoxy) is 1. The van der Waals surface area contributed by atoms with Gasteiger partial charge in [0.2, 0.25) is 0 Å². The van der Waals surface area contributed by atoms with E-state index in [1.165, 1.54) is 0 Å². The quantitative estimate of drug-likeness (QED) is 0.345. The van der Waals surface area contributed by atoms with Crippen LogP contribution in [0.1, 0.15) is 25.2 Å². The van der Waals surface area contributed by atoms with Crippen LogP contribution >= 0.6 is 11.6 Å². The largest absolute Gasteiger partial charge is 0.491 e. The van der Waals surface area contributed by atoms with Crippen LogP contribution in [-0.4, -0.2) is 20.7 Å². The molecule has 0 aliphatic rings. The molecule has 0 atom stereocenters. The number of hydrogen-bond donors (Lipinski definition) is 0. The van der Waals surface area contributed by atoms with Crippen molar-refractivity contribution < 1.29 is 17.9 Å². The molecule has 0 saturated carbocycles. The number of fused-ring (bicyclic) bond motifs is 1. The minimum atomic E-state index is -4.60. The number of alkyl halides is 3. The molecule has 4 nitrogen and oxygen atoms in total. The second kappa shape index (κ2) is 7.89. The highest BCUT2D eigenvalue weighted by molar-refractivity contribution is 6.30.